The van der Waals surface area contributed by atoms with Crippen LogP contribution in [-0.2, 0) is 16.1 Å². The molecule has 1 aliphatic rings. The van der Waals surface area contributed by atoms with Crippen molar-refractivity contribution in [2.45, 2.75) is 52.1 Å². The Morgan fingerprint density at radius 1 is 1.24 bits per heavy atom. The molecule has 6 nitrogen and oxygen atoms in total. The number of carbonyl (C=O) groups is 1. The van der Waals surface area contributed by atoms with E-state index in [0.717, 1.165) is 0 Å². The first-order valence-corrected chi connectivity index (χ1v) is 9.83. The fourth-order valence-electron chi connectivity index (χ4n) is 2.35. The third-order valence-corrected chi connectivity index (χ3v) is 4.35. The van der Waals surface area contributed by atoms with Gasteiger partial charge in [0.2, 0.25) is 0 Å². The monoisotopic (exact) mass is 402 g/mol. The van der Waals surface area contributed by atoms with Gasteiger partial charge in [0, 0.05) is 24.8 Å². The average Bonchev–Trinajstić information content (AvgIpc) is 2.75. The first-order chi connectivity index (χ1) is 13.9. The van der Waals surface area contributed by atoms with E-state index in [4.69, 9.17) is 22.6 Å². The van der Waals surface area contributed by atoms with Crippen LogP contribution in [0.5, 0.6) is 0 Å². The van der Waals surface area contributed by atoms with Crippen LogP contribution in [0.3, 0.4) is 0 Å². The van der Waals surface area contributed by atoms with Crippen molar-refractivity contribution in [3.8, 4) is 12.3 Å². The molecule has 29 heavy (non-hydrogen) atoms. The van der Waals surface area contributed by atoms with E-state index in [1.807, 2.05) is 0 Å². The number of nitrogens with two attached hydrogens (primary N) is 2. The van der Waals surface area contributed by atoms with Gasteiger partial charge in [-0.15, -0.1) is 6.42 Å². The average molecular weight is 403 g/mol. The number of nitrogens with one attached hydrogen (secondary N) is 1. The van der Waals surface area contributed by atoms with E-state index < -0.39 is 11.7 Å². The van der Waals surface area contributed by atoms with Gasteiger partial charge in [0.15, 0.2) is 0 Å². The van der Waals surface area contributed by atoms with Crippen molar-refractivity contribution in [1.82, 2.24) is 5.32 Å². The highest BCUT2D eigenvalue weighted by molar-refractivity contribution is 6.15. The van der Waals surface area contributed by atoms with Gasteiger partial charge in [0.05, 0.1) is 12.2 Å². The second-order valence-corrected chi connectivity index (χ2v) is 6.59. The quantitative estimate of drug-likeness (QED) is 0.387. The lowest BCUT2D eigenvalue weighted by Gasteiger charge is -2.23. The van der Waals surface area contributed by atoms with Crippen LogP contribution in [0.1, 0.15) is 45.1 Å². The fraction of sp³-hybridized carbons (Fsp3) is 0.455. The number of nitrogens with zero attached hydrogens (tertiary/aromatic N) is 1. The van der Waals surface area contributed by atoms with E-state index in [-0.39, 0.29) is 29.7 Å². The Bertz CT molecular complexity index is 760. The molecule has 5 N–H and O–H groups in total. The van der Waals surface area contributed by atoms with Crippen LogP contribution >= 0.6 is 0 Å². The van der Waals surface area contributed by atoms with E-state index in [1.165, 1.54) is 18.9 Å². The van der Waals surface area contributed by atoms with Gasteiger partial charge in [-0.2, -0.15) is 0 Å². The summed E-state index contributed by atoms with van der Waals surface area (Å²) in [5, 5.41) is 2.80. The van der Waals surface area contributed by atoms with E-state index >= 15 is 0 Å². The lowest BCUT2D eigenvalue weighted by atomic mass is 10.1. The number of halogens is 1. The highest BCUT2D eigenvalue weighted by atomic mass is 19.1. The molecule has 0 bridgehead atoms. The predicted octanol–water partition coefficient (Wildman–Crippen LogP) is 2.63. The second kappa shape index (κ2) is 13.3. The molecule has 1 fully saturated rings. The molecule has 1 saturated heterocycles. The van der Waals surface area contributed by atoms with Crippen molar-refractivity contribution >= 4 is 11.6 Å². The normalized spacial score (nSPS) is 15.4. The van der Waals surface area contributed by atoms with Gasteiger partial charge in [0.25, 0.3) is 5.91 Å². The summed E-state index contributed by atoms with van der Waals surface area (Å²) in [6.07, 6.45) is 9.47. The molecule has 1 aromatic carbocycles. The first-order valence-electron chi connectivity index (χ1n) is 9.83. The Hall–Kier alpha value is -2.85. The molecule has 0 aromatic heterocycles. The number of carbonyl (C=O) groups excluding carboxylic acids is 1. The molecule has 0 radical (unpaired) electrons. The van der Waals surface area contributed by atoms with Crippen LogP contribution in [0, 0.1) is 18.2 Å². The van der Waals surface area contributed by atoms with Gasteiger partial charge >= 0.3 is 0 Å². The molecule has 0 spiro atoms. The number of aliphatic imine (C=N–C) groups is 1. The maximum absolute atomic E-state index is 13.6. The van der Waals surface area contributed by atoms with Crippen LogP contribution in [0.2, 0.25) is 0 Å². The second-order valence-electron chi connectivity index (χ2n) is 6.59. The summed E-state index contributed by atoms with van der Waals surface area (Å²) in [6, 6.07) is 6.18. The summed E-state index contributed by atoms with van der Waals surface area (Å²) in [5.74, 6) is 1.40. The molecule has 1 amide bonds. The zero-order chi connectivity index (χ0) is 21.6. The topological polar surface area (TPSA) is 103 Å². The highest BCUT2D eigenvalue weighted by Crippen LogP contribution is 2.09. The van der Waals surface area contributed by atoms with Crippen molar-refractivity contribution in [2.75, 3.05) is 13.2 Å². The zero-order valence-electron chi connectivity index (χ0n) is 17.2. The predicted molar refractivity (Wildman–Crippen MR) is 114 cm³/mol. The van der Waals surface area contributed by atoms with Crippen molar-refractivity contribution in [3.05, 3.63) is 47.0 Å². The molecular formula is C22H31FN4O2. The number of hydrogen-bond acceptors (Lipinski definition) is 5. The summed E-state index contributed by atoms with van der Waals surface area (Å²) in [4.78, 5) is 16.3. The minimum absolute atomic E-state index is 0.00176. The Morgan fingerprint density at radius 3 is 2.41 bits per heavy atom. The number of rotatable bonds is 6. The summed E-state index contributed by atoms with van der Waals surface area (Å²) in [7, 11) is 0. The van der Waals surface area contributed by atoms with Crippen LogP contribution in [0.4, 0.5) is 4.39 Å². The van der Waals surface area contributed by atoms with Gasteiger partial charge in [-0.05, 0) is 24.8 Å². The molecule has 0 saturated carbocycles. The molecule has 0 aliphatic carbocycles. The maximum atomic E-state index is 13.6. The SMILES string of the molecule is C#CC(=NCc1ccccc1F)/C(N)=C(\N)C(=O)NC1CCOCC1.CCCC. The number of ether oxygens (including phenoxy) is 1. The number of hydrogen-bond donors (Lipinski definition) is 3. The standard InChI is InChI=1S/C18H21FN4O2.C4H10/c1-2-15(22-11-12-5-3-4-6-14(12)19)16(20)17(21)18(24)23-13-7-9-25-10-8-13;1-3-4-2/h1,3-6,13H,7-11,20-21H2,(H,23,24);3-4H2,1-2H3/b17-16+,22-15?;. The zero-order valence-corrected chi connectivity index (χ0v) is 17.2. The number of benzene rings is 1. The molecule has 7 heteroatoms. The molecule has 0 unspecified atom stereocenters. The lowest BCUT2D eigenvalue weighted by Crippen LogP contribution is -2.42. The number of unbranched alkanes of at least 4 members (excludes halogenated alkanes) is 1. The van der Waals surface area contributed by atoms with Crippen molar-refractivity contribution in [3.63, 3.8) is 0 Å². The van der Waals surface area contributed by atoms with Crippen LogP contribution < -0.4 is 16.8 Å². The van der Waals surface area contributed by atoms with Crippen molar-refractivity contribution in [1.29, 1.82) is 0 Å². The van der Waals surface area contributed by atoms with Gasteiger partial charge in [-0.1, -0.05) is 44.9 Å². The molecule has 158 valence electrons. The van der Waals surface area contributed by atoms with Crippen LogP contribution in [0.15, 0.2) is 40.7 Å². The van der Waals surface area contributed by atoms with Crippen LogP contribution in [0.25, 0.3) is 0 Å². The summed E-state index contributed by atoms with van der Waals surface area (Å²) in [5.41, 5.74) is 11.8. The Morgan fingerprint density at radius 2 is 1.86 bits per heavy atom. The van der Waals surface area contributed by atoms with E-state index in [0.29, 0.717) is 31.6 Å². The van der Waals surface area contributed by atoms with Gasteiger partial charge in [-0.25, -0.2) is 4.39 Å². The highest BCUT2D eigenvalue weighted by Gasteiger charge is 2.19. The molecule has 1 aromatic rings. The van der Waals surface area contributed by atoms with Crippen LogP contribution in [-0.4, -0.2) is 30.9 Å². The fourth-order valence-corrected chi connectivity index (χ4v) is 2.35. The minimum atomic E-state index is -0.502. The smallest absolute Gasteiger partial charge is 0.269 e. The first kappa shape index (κ1) is 24.2. The Kier molecular flexibility index (Phi) is 11.1. The van der Waals surface area contributed by atoms with Gasteiger partial charge in [0.1, 0.15) is 17.2 Å². The van der Waals surface area contributed by atoms with E-state index in [2.05, 4.69) is 30.1 Å². The summed E-state index contributed by atoms with van der Waals surface area (Å²) >= 11 is 0. The molecular weight excluding hydrogens is 371 g/mol. The third kappa shape index (κ3) is 8.36. The minimum Gasteiger partial charge on any atom is -0.395 e. The number of amides is 1. The summed E-state index contributed by atoms with van der Waals surface area (Å²) < 4.78 is 18.9. The molecule has 0 atom stereocenters. The molecule has 1 aliphatic heterocycles. The van der Waals surface area contributed by atoms with Crippen molar-refractivity contribution < 1.29 is 13.9 Å². The lowest BCUT2D eigenvalue weighted by molar-refractivity contribution is -0.118. The largest absolute Gasteiger partial charge is 0.395 e. The Labute approximate surface area is 172 Å². The summed E-state index contributed by atoms with van der Waals surface area (Å²) in [6.45, 7) is 5.54. The van der Waals surface area contributed by atoms with E-state index in [9.17, 15) is 9.18 Å². The molecule has 2 rings (SSSR count). The number of terminal acetylenes is 1. The third-order valence-electron chi connectivity index (χ3n) is 4.35. The molecule has 1 heterocycles. The number of allylic oxidation sites excluding steroid dienone is 1. The van der Waals surface area contributed by atoms with Gasteiger partial charge < -0.3 is 21.5 Å². The Balaban J connectivity index is 0.000000960. The van der Waals surface area contributed by atoms with E-state index in [1.54, 1.807) is 18.2 Å². The van der Waals surface area contributed by atoms with Crippen molar-refractivity contribution in [2.24, 2.45) is 16.5 Å². The van der Waals surface area contributed by atoms with Gasteiger partial charge in [-0.3, -0.25) is 9.79 Å². The maximum Gasteiger partial charge on any atom is 0.269 e.